The average Bonchev–Trinajstić information content (AvgIpc) is 1.59. The zero-order chi connectivity index (χ0) is 7.49. The number of hydrogen-bond donors (Lipinski definition) is 1. The van der Waals surface area contributed by atoms with Crippen molar-refractivity contribution in [3.63, 3.8) is 0 Å². The topological polar surface area (TPSA) is 37.3 Å². The van der Waals surface area contributed by atoms with Crippen LogP contribution in [0.25, 0.3) is 0 Å². The molecule has 5 heteroatoms. The summed E-state index contributed by atoms with van der Waals surface area (Å²) < 4.78 is -1.61. The van der Waals surface area contributed by atoms with Gasteiger partial charge >= 0.3 is 5.97 Å². The van der Waals surface area contributed by atoms with Crippen LogP contribution < -0.4 is 0 Å². The van der Waals surface area contributed by atoms with Gasteiger partial charge in [-0.1, -0.05) is 34.8 Å². The lowest BCUT2D eigenvalue weighted by atomic mass is 10.5. The Kier molecular flexibility index (Phi) is 3.33. The van der Waals surface area contributed by atoms with Gasteiger partial charge in [0, 0.05) is 6.08 Å². The molecule has 0 aliphatic rings. The molecule has 0 aromatic carbocycles. The van der Waals surface area contributed by atoms with Gasteiger partial charge in [0.25, 0.3) is 0 Å². The molecule has 2 nitrogen and oxygen atoms in total. The number of alkyl halides is 3. The highest BCUT2D eigenvalue weighted by Gasteiger charge is 2.14. The van der Waals surface area contributed by atoms with Crippen LogP contribution in [0.15, 0.2) is 12.2 Å². The van der Waals surface area contributed by atoms with Crippen LogP contribution in [-0.2, 0) is 4.79 Å². The van der Waals surface area contributed by atoms with Crippen LogP contribution in [0.5, 0.6) is 0 Å². The van der Waals surface area contributed by atoms with E-state index in [1.165, 1.54) is 0 Å². The number of halogens is 3. The second-order valence-corrected chi connectivity index (χ2v) is 3.58. The molecular weight excluding hydrogens is 186 g/mol. The lowest BCUT2D eigenvalue weighted by Gasteiger charge is -1.99. The molecule has 0 amide bonds. The predicted octanol–water partition coefficient (Wildman–Crippen LogP) is 2.00. The SMILES string of the molecule is O=C(O)/C=C/C(Cl)(Cl)Cl. The molecule has 0 heterocycles. The molecule has 0 aliphatic carbocycles. The second-order valence-electron chi connectivity index (χ2n) is 1.21. The minimum absolute atomic E-state index is 0.771. The smallest absolute Gasteiger partial charge is 0.328 e. The molecule has 0 aromatic rings. The first kappa shape index (κ1) is 9.08. The van der Waals surface area contributed by atoms with E-state index in [1.54, 1.807) is 0 Å². The van der Waals surface area contributed by atoms with E-state index < -0.39 is 9.76 Å². The van der Waals surface area contributed by atoms with Gasteiger partial charge in [0.2, 0.25) is 3.79 Å². The first-order valence-corrected chi connectivity index (χ1v) is 3.04. The van der Waals surface area contributed by atoms with Gasteiger partial charge in [0.05, 0.1) is 0 Å². The van der Waals surface area contributed by atoms with Gasteiger partial charge in [-0.05, 0) is 6.08 Å². The summed E-state index contributed by atoms with van der Waals surface area (Å²) in [4.78, 5) is 9.78. The van der Waals surface area contributed by atoms with E-state index in [1.807, 2.05) is 0 Å². The Balaban J connectivity index is 3.86. The Hall–Kier alpha value is 0.0800. The van der Waals surface area contributed by atoms with Gasteiger partial charge < -0.3 is 5.11 Å². The third kappa shape index (κ3) is 8.08. The van der Waals surface area contributed by atoms with Gasteiger partial charge in [0.15, 0.2) is 0 Å². The third-order valence-electron chi connectivity index (χ3n) is 0.415. The van der Waals surface area contributed by atoms with Crippen LogP contribution in [-0.4, -0.2) is 14.9 Å². The largest absolute Gasteiger partial charge is 0.478 e. The number of hydrogen-bond acceptors (Lipinski definition) is 1. The lowest BCUT2D eigenvalue weighted by molar-refractivity contribution is -0.131. The van der Waals surface area contributed by atoms with E-state index in [4.69, 9.17) is 39.9 Å². The molecule has 9 heavy (non-hydrogen) atoms. The van der Waals surface area contributed by atoms with Crippen molar-refractivity contribution < 1.29 is 9.90 Å². The van der Waals surface area contributed by atoms with Crippen molar-refractivity contribution in [2.75, 3.05) is 0 Å². The summed E-state index contributed by atoms with van der Waals surface area (Å²) in [6.45, 7) is 0. The monoisotopic (exact) mass is 188 g/mol. The molecule has 0 fully saturated rings. The number of carboxylic acids is 1. The maximum Gasteiger partial charge on any atom is 0.328 e. The van der Waals surface area contributed by atoms with Gasteiger partial charge in [-0.3, -0.25) is 0 Å². The quantitative estimate of drug-likeness (QED) is 0.506. The van der Waals surface area contributed by atoms with Gasteiger partial charge in [-0.15, -0.1) is 0 Å². The summed E-state index contributed by atoms with van der Waals surface area (Å²) >= 11 is 15.5. The molecular formula is C4H3Cl3O2. The van der Waals surface area contributed by atoms with E-state index in [0.29, 0.717) is 0 Å². The fraction of sp³-hybridized carbons (Fsp3) is 0.250. The second kappa shape index (κ2) is 3.30. The van der Waals surface area contributed by atoms with Crippen molar-refractivity contribution in [1.82, 2.24) is 0 Å². The van der Waals surface area contributed by atoms with Crippen molar-refractivity contribution >= 4 is 40.8 Å². The molecule has 0 spiro atoms. The van der Waals surface area contributed by atoms with E-state index in [-0.39, 0.29) is 0 Å². The fourth-order valence-corrected chi connectivity index (χ4v) is 0.355. The van der Waals surface area contributed by atoms with Crippen molar-refractivity contribution in [2.45, 2.75) is 3.79 Å². The van der Waals surface area contributed by atoms with Gasteiger partial charge in [-0.2, -0.15) is 0 Å². The van der Waals surface area contributed by atoms with Crippen LogP contribution in [0.4, 0.5) is 0 Å². The summed E-state index contributed by atoms with van der Waals surface area (Å²) in [5, 5.41) is 8.01. The highest BCUT2D eigenvalue weighted by Crippen LogP contribution is 2.26. The number of aliphatic carboxylic acids is 1. The Morgan fingerprint density at radius 2 is 1.89 bits per heavy atom. The summed E-state index contributed by atoms with van der Waals surface area (Å²) in [5.74, 6) is -1.14. The van der Waals surface area contributed by atoms with Crippen molar-refractivity contribution in [1.29, 1.82) is 0 Å². The third-order valence-corrected chi connectivity index (χ3v) is 0.793. The van der Waals surface area contributed by atoms with Crippen LogP contribution in [0, 0.1) is 0 Å². The average molecular weight is 189 g/mol. The zero-order valence-corrected chi connectivity index (χ0v) is 6.41. The Labute approximate surface area is 67.0 Å². The van der Waals surface area contributed by atoms with Crippen LogP contribution in [0.3, 0.4) is 0 Å². The van der Waals surface area contributed by atoms with Crippen molar-refractivity contribution in [2.24, 2.45) is 0 Å². The molecule has 0 aromatic heterocycles. The molecule has 0 radical (unpaired) electrons. The molecule has 0 aliphatic heterocycles. The highest BCUT2D eigenvalue weighted by atomic mass is 35.6. The number of carboxylic acid groups (broad SMARTS) is 1. The van der Waals surface area contributed by atoms with Gasteiger partial charge in [-0.25, -0.2) is 4.79 Å². The summed E-state index contributed by atoms with van der Waals surface area (Å²) in [6, 6.07) is 0. The normalized spacial score (nSPS) is 12.3. The fourth-order valence-electron chi connectivity index (χ4n) is 0.166. The van der Waals surface area contributed by atoms with Crippen LogP contribution in [0.1, 0.15) is 0 Å². The molecule has 0 bridgehead atoms. The molecule has 0 saturated carbocycles. The standard InChI is InChI=1S/C4H3Cl3O2/c5-4(6,7)2-1-3(8)9/h1-2H,(H,8,9)/b2-1+. The van der Waals surface area contributed by atoms with E-state index in [2.05, 4.69) is 0 Å². The van der Waals surface area contributed by atoms with E-state index >= 15 is 0 Å². The number of allylic oxidation sites excluding steroid dienone is 1. The first-order chi connectivity index (χ1) is 3.92. The molecule has 52 valence electrons. The van der Waals surface area contributed by atoms with Crippen LogP contribution in [0.2, 0.25) is 0 Å². The van der Waals surface area contributed by atoms with Crippen LogP contribution >= 0.6 is 34.8 Å². The Bertz CT molecular complexity index is 135. The summed E-state index contributed by atoms with van der Waals surface area (Å²) in [5.41, 5.74) is 0. The van der Waals surface area contributed by atoms with Crippen molar-refractivity contribution in [3.05, 3.63) is 12.2 Å². The Morgan fingerprint density at radius 3 is 2.00 bits per heavy atom. The van der Waals surface area contributed by atoms with E-state index in [0.717, 1.165) is 12.2 Å². The molecule has 0 rings (SSSR count). The summed E-state index contributed by atoms with van der Waals surface area (Å²) in [7, 11) is 0. The van der Waals surface area contributed by atoms with Crippen molar-refractivity contribution in [3.8, 4) is 0 Å². The number of rotatable bonds is 1. The zero-order valence-electron chi connectivity index (χ0n) is 4.14. The molecule has 1 N–H and O–H groups in total. The lowest BCUT2D eigenvalue weighted by Crippen LogP contribution is -1.97. The maximum absolute atomic E-state index is 9.78. The molecule has 0 unspecified atom stereocenters. The molecule has 0 atom stereocenters. The predicted molar refractivity (Wildman–Crippen MR) is 37.1 cm³/mol. The minimum atomic E-state index is -1.61. The first-order valence-electron chi connectivity index (χ1n) is 1.91. The van der Waals surface area contributed by atoms with Gasteiger partial charge in [0.1, 0.15) is 0 Å². The van der Waals surface area contributed by atoms with E-state index in [9.17, 15) is 4.79 Å². The summed E-state index contributed by atoms with van der Waals surface area (Å²) in [6.07, 6.45) is 1.73. The maximum atomic E-state index is 9.78. The number of carbonyl (C=O) groups is 1. The minimum Gasteiger partial charge on any atom is -0.478 e. The molecule has 0 saturated heterocycles. The Morgan fingerprint density at radius 1 is 1.44 bits per heavy atom. The highest BCUT2D eigenvalue weighted by molar-refractivity contribution is 6.69.